The molecule has 2 heterocycles. The van der Waals surface area contributed by atoms with E-state index in [0.717, 1.165) is 18.8 Å². The van der Waals surface area contributed by atoms with Crippen molar-refractivity contribution in [2.24, 2.45) is 0 Å². The molecule has 2 aromatic rings. The Labute approximate surface area is 138 Å². The molecular weight excluding hydrogens is 284 g/mol. The standard InChI is InChI=1S/C20H24N2O/c1-20-11-12-22(14-15-7-5-4-6-8-15)19(20)21(2)18-10-9-16(23-3)13-17(18)20/h4-10,13,19H,11-12,14H2,1-3H3/t19-,20-/m0/s1. The van der Waals surface area contributed by atoms with Gasteiger partial charge in [-0.2, -0.15) is 0 Å². The number of hydrogen-bond acceptors (Lipinski definition) is 3. The number of hydrogen-bond donors (Lipinski definition) is 0. The number of likely N-dealkylation sites (tertiary alicyclic amines) is 1. The molecule has 1 fully saturated rings. The van der Waals surface area contributed by atoms with Crippen LogP contribution in [0.15, 0.2) is 48.5 Å². The average molecular weight is 308 g/mol. The second-order valence-corrected chi connectivity index (χ2v) is 6.99. The Morgan fingerprint density at radius 3 is 2.70 bits per heavy atom. The van der Waals surface area contributed by atoms with Crippen LogP contribution in [0.3, 0.4) is 0 Å². The molecule has 0 unspecified atom stereocenters. The van der Waals surface area contributed by atoms with Gasteiger partial charge in [0.15, 0.2) is 0 Å². The fourth-order valence-electron chi connectivity index (χ4n) is 4.50. The Kier molecular flexibility index (Phi) is 3.34. The van der Waals surface area contributed by atoms with Crippen molar-refractivity contribution in [1.29, 1.82) is 0 Å². The third-order valence-corrected chi connectivity index (χ3v) is 5.63. The summed E-state index contributed by atoms with van der Waals surface area (Å²) < 4.78 is 5.46. The lowest BCUT2D eigenvalue weighted by Gasteiger charge is -2.34. The van der Waals surface area contributed by atoms with Gasteiger partial charge in [0.1, 0.15) is 5.75 Å². The fraction of sp³-hybridized carbons (Fsp3) is 0.400. The largest absolute Gasteiger partial charge is 0.497 e. The van der Waals surface area contributed by atoms with E-state index in [9.17, 15) is 0 Å². The van der Waals surface area contributed by atoms with Gasteiger partial charge >= 0.3 is 0 Å². The molecule has 0 bridgehead atoms. The van der Waals surface area contributed by atoms with Crippen molar-refractivity contribution in [3.8, 4) is 5.75 Å². The van der Waals surface area contributed by atoms with Gasteiger partial charge in [-0.3, -0.25) is 4.90 Å². The number of likely N-dealkylation sites (N-methyl/N-ethyl adjacent to an activating group) is 1. The van der Waals surface area contributed by atoms with Crippen LogP contribution in [-0.2, 0) is 12.0 Å². The van der Waals surface area contributed by atoms with Crippen LogP contribution in [0.4, 0.5) is 5.69 Å². The van der Waals surface area contributed by atoms with Gasteiger partial charge < -0.3 is 9.64 Å². The fourth-order valence-corrected chi connectivity index (χ4v) is 4.50. The summed E-state index contributed by atoms with van der Waals surface area (Å²) in [7, 11) is 3.97. The van der Waals surface area contributed by atoms with Crippen molar-refractivity contribution < 1.29 is 4.74 Å². The van der Waals surface area contributed by atoms with E-state index in [4.69, 9.17) is 4.74 Å². The highest BCUT2D eigenvalue weighted by molar-refractivity contribution is 5.66. The van der Waals surface area contributed by atoms with E-state index in [1.54, 1.807) is 7.11 Å². The first-order valence-corrected chi connectivity index (χ1v) is 8.33. The Morgan fingerprint density at radius 2 is 1.96 bits per heavy atom. The maximum atomic E-state index is 5.46. The van der Waals surface area contributed by atoms with Crippen molar-refractivity contribution in [1.82, 2.24) is 4.90 Å². The number of benzene rings is 2. The second kappa shape index (κ2) is 5.27. The van der Waals surface area contributed by atoms with Crippen molar-refractivity contribution in [2.45, 2.75) is 31.5 Å². The van der Waals surface area contributed by atoms with E-state index in [0.29, 0.717) is 6.17 Å². The van der Waals surface area contributed by atoms with Crippen molar-refractivity contribution in [2.75, 3.05) is 25.6 Å². The van der Waals surface area contributed by atoms with E-state index in [2.05, 4.69) is 72.3 Å². The number of nitrogens with zero attached hydrogens (tertiary/aromatic N) is 2. The van der Waals surface area contributed by atoms with Crippen molar-refractivity contribution in [3.63, 3.8) is 0 Å². The lowest BCUT2D eigenvalue weighted by atomic mass is 9.81. The minimum absolute atomic E-state index is 0.174. The molecule has 0 spiro atoms. The molecule has 120 valence electrons. The molecule has 0 aromatic heterocycles. The molecule has 0 aliphatic carbocycles. The topological polar surface area (TPSA) is 15.7 Å². The number of anilines is 1. The van der Waals surface area contributed by atoms with Crippen LogP contribution < -0.4 is 9.64 Å². The molecule has 3 heteroatoms. The summed E-state index contributed by atoms with van der Waals surface area (Å²) in [4.78, 5) is 5.06. The van der Waals surface area contributed by atoms with Crippen molar-refractivity contribution in [3.05, 3.63) is 59.7 Å². The van der Waals surface area contributed by atoms with Gasteiger partial charge in [0.2, 0.25) is 0 Å². The maximum absolute atomic E-state index is 5.46. The summed E-state index contributed by atoms with van der Waals surface area (Å²) in [5.41, 5.74) is 4.34. The van der Waals surface area contributed by atoms with E-state index in [1.165, 1.54) is 23.2 Å². The summed E-state index contributed by atoms with van der Waals surface area (Å²) in [6.07, 6.45) is 1.61. The Hall–Kier alpha value is -2.00. The molecule has 4 rings (SSSR count). The smallest absolute Gasteiger partial charge is 0.119 e. The van der Waals surface area contributed by atoms with Crippen LogP contribution in [0.2, 0.25) is 0 Å². The molecule has 2 aliphatic rings. The number of methoxy groups -OCH3 is 1. The molecule has 23 heavy (non-hydrogen) atoms. The summed E-state index contributed by atoms with van der Waals surface area (Å²) in [6.45, 7) is 4.55. The minimum atomic E-state index is 0.174. The van der Waals surface area contributed by atoms with Gasteiger partial charge in [0, 0.05) is 31.2 Å². The number of fused-ring (bicyclic) bond motifs is 3. The molecular formula is C20H24N2O. The zero-order valence-corrected chi connectivity index (χ0v) is 14.1. The quantitative estimate of drug-likeness (QED) is 0.861. The molecule has 0 saturated carbocycles. The monoisotopic (exact) mass is 308 g/mol. The molecule has 0 radical (unpaired) electrons. The van der Waals surface area contributed by atoms with Crippen LogP contribution in [0.25, 0.3) is 0 Å². The predicted molar refractivity (Wildman–Crippen MR) is 94.0 cm³/mol. The van der Waals surface area contributed by atoms with Crippen LogP contribution in [0, 0.1) is 0 Å². The Morgan fingerprint density at radius 1 is 1.17 bits per heavy atom. The van der Waals surface area contributed by atoms with E-state index in [-0.39, 0.29) is 5.41 Å². The molecule has 2 aliphatic heterocycles. The van der Waals surface area contributed by atoms with Gasteiger partial charge in [-0.25, -0.2) is 0 Å². The summed E-state index contributed by atoms with van der Waals surface area (Å²) in [5, 5.41) is 0. The lowest BCUT2D eigenvalue weighted by Crippen LogP contribution is -2.46. The van der Waals surface area contributed by atoms with Crippen LogP contribution in [0.5, 0.6) is 5.75 Å². The van der Waals surface area contributed by atoms with Crippen LogP contribution >= 0.6 is 0 Å². The molecule has 0 N–H and O–H groups in total. The zero-order valence-electron chi connectivity index (χ0n) is 14.1. The van der Waals surface area contributed by atoms with Crippen molar-refractivity contribution >= 4 is 5.69 Å². The summed E-state index contributed by atoms with van der Waals surface area (Å²) >= 11 is 0. The summed E-state index contributed by atoms with van der Waals surface area (Å²) in [6, 6.07) is 17.3. The normalized spacial score (nSPS) is 26.2. The second-order valence-electron chi connectivity index (χ2n) is 6.99. The summed E-state index contributed by atoms with van der Waals surface area (Å²) in [5.74, 6) is 0.959. The van der Waals surface area contributed by atoms with Gasteiger partial charge in [-0.15, -0.1) is 0 Å². The Bertz CT molecular complexity index is 715. The first-order chi connectivity index (χ1) is 11.1. The SMILES string of the molecule is COc1ccc2c(c1)[C@]1(C)CCN(Cc3ccccc3)[C@@H]1N2C. The van der Waals surface area contributed by atoms with E-state index >= 15 is 0 Å². The molecule has 2 atom stereocenters. The highest BCUT2D eigenvalue weighted by Gasteiger charge is 2.53. The third-order valence-electron chi connectivity index (χ3n) is 5.63. The highest BCUT2D eigenvalue weighted by atomic mass is 16.5. The van der Waals surface area contributed by atoms with E-state index < -0.39 is 0 Å². The van der Waals surface area contributed by atoms with Gasteiger partial charge in [0.25, 0.3) is 0 Å². The molecule has 0 amide bonds. The van der Waals surface area contributed by atoms with Crippen LogP contribution in [0.1, 0.15) is 24.5 Å². The lowest BCUT2D eigenvalue weighted by molar-refractivity contribution is 0.215. The van der Waals surface area contributed by atoms with Gasteiger partial charge in [-0.05, 0) is 35.7 Å². The van der Waals surface area contributed by atoms with Gasteiger partial charge in [0.05, 0.1) is 13.3 Å². The Balaban J connectivity index is 1.68. The molecule has 1 saturated heterocycles. The first kappa shape index (κ1) is 14.6. The first-order valence-electron chi connectivity index (χ1n) is 8.33. The number of ether oxygens (including phenoxy) is 1. The molecule has 2 aromatic carbocycles. The number of rotatable bonds is 3. The van der Waals surface area contributed by atoms with Crippen LogP contribution in [-0.4, -0.2) is 31.8 Å². The highest BCUT2D eigenvalue weighted by Crippen LogP contribution is 2.52. The molecule has 3 nitrogen and oxygen atoms in total. The third kappa shape index (κ3) is 2.14. The van der Waals surface area contributed by atoms with E-state index in [1.807, 2.05) is 0 Å². The zero-order chi connectivity index (χ0) is 16.0. The maximum Gasteiger partial charge on any atom is 0.119 e. The average Bonchev–Trinajstić information content (AvgIpc) is 3.02. The minimum Gasteiger partial charge on any atom is -0.497 e. The predicted octanol–water partition coefficient (Wildman–Crippen LogP) is 3.63. The van der Waals surface area contributed by atoms with Gasteiger partial charge in [-0.1, -0.05) is 37.3 Å².